The fourth-order valence-electron chi connectivity index (χ4n) is 0.266. The fraction of sp³-hybridized carbons (Fsp3) is 0.143. The Bertz CT molecular complexity index is 152. The van der Waals surface area contributed by atoms with Gasteiger partial charge in [-0.25, -0.2) is 4.79 Å². The zero-order valence-corrected chi connectivity index (χ0v) is 5.09. The van der Waals surface area contributed by atoms with Gasteiger partial charge in [0.15, 0.2) is 0 Å². The average Bonchev–Trinajstić information content (AvgIpc) is 1.85. The van der Waals surface area contributed by atoms with Crippen LogP contribution >= 0.6 is 0 Å². The molecule has 0 aliphatic heterocycles. The van der Waals surface area contributed by atoms with E-state index in [-0.39, 0.29) is 6.61 Å². The van der Waals surface area contributed by atoms with E-state index in [0.717, 1.165) is 6.08 Å². The summed E-state index contributed by atoms with van der Waals surface area (Å²) >= 11 is 0. The summed E-state index contributed by atoms with van der Waals surface area (Å²) in [6.07, 6.45) is 2.62. The van der Waals surface area contributed by atoms with Crippen molar-refractivity contribution in [3.8, 4) is 0 Å². The number of esters is 1. The topological polar surface area (TPSA) is 26.3 Å². The van der Waals surface area contributed by atoms with Crippen LogP contribution in [0.1, 0.15) is 0 Å². The summed E-state index contributed by atoms with van der Waals surface area (Å²) in [6, 6.07) is 0. The minimum absolute atomic E-state index is 0.233. The molecule has 2 heteroatoms. The first-order chi connectivity index (χ1) is 4.31. The number of hydrogen-bond donors (Lipinski definition) is 0. The molecule has 2 nitrogen and oxygen atoms in total. The van der Waals surface area contributed by atoms with Gasteiger partial charge in [-0.3, -0.25) is 0 Å². The van der Waals surface area contributed by atoms with E-state index in [9.17, 15) is 4.79 Å². The summed E-state index contributed by atoms with van der Waals surface area (Å²) in [6.45, 7) is 6.80. The molecular weight excluding hydrogens is 116 g/mol. The Morgan fingerprint density at radius 2 is 2.44 bits per heavy atom. The predicted octanol–water partition coefficient (Wildman–Crippen LogP) is 1.06. The molecule has 0 spiro atoms. The molecule has 0 amide bonds. The van der Waals surface area contributed by atoms with Gasteiger partial charge in [-0.05, 0) is 0 Å². The molecule has 0 saturated carbocycles. The maximum absolute atomic E-state index is 10.4. The summed E-state index contributed by atoms with van der Waals surface area (Å²) in [5.41, 5.74) is 2.29. The third-order valence-corrected chi connectivity index (χ3v) is 0.563. The highest BCUT2D eigenvalue weighted by atomic mass is 16.5. The number of carbonyl (C=O) groups excluding carboxylic acids is 1. The van der Waals surface area contributed by atoms with Gasteiger partial charge in [0.05, 0.1) is 6.08 Å². The Morgan fingerprint density at radius 1 is 1.78 bits per heavy atom. The normalized spacial score (nSPS) is 7.11. The van der Waals surface area contributed by atoms with Gasteiger partial charge >= 0.3 is 5.97 Å². The van der Waals surface area contributed by atoms with E-state index in [2.05, 4.69) is 23.6 Å². The van der Waals surface area contributed by atoms with Crippen molar-refractivity contribution < 1.29 is 9.53 Å². The minimum Gasteiger partial charge on any atom is -0.458 e. The molecule has 48 valence electrons. The standard InChI is InChI=1S/C7H8O2/c1-3-5-7(8)9-6-4-2/h4-5H,1-2,6H2. The molecule has 0 saturated heterocycles. The molecule has 0 aromatic carbocycles. The quantitative estimate of drug-likeness (QED) is 0.243. The predicted molar refractivity (Wildman–Crippen MR) is 34.9 cm³/mol. The van der Waals surface area contributed by atoms with Crippen LogP contribution in [0, 0.1) is 0 Å². The summed E-state index contributed by atoms with van der Waals surface area (Å²) in [5.74, 6) is -0.440. The molecular formula is C7H8O2. The molecule has 0 aromatic rings. The molecule has 0 atom stereocenters. The molecule has 0 bridgehead atoms. The first-order valence-electron chi connectivity index (χ1n) is 2.44. The van der Waals surface area contributed by atoms with Gasteiger partial charge in [0.2, 0.25) is 0 Å². The van der Waals surface area contributed by atoms with E-state index in [1.807, 2.05) is 0 Å². The lowest BCUT2D eigenvalue weighted by molar-refractivity contribution is -0.136. The molecule has 0 aliphatic carbocycles. The third-order valence-electron chi connectivity index (χ3n) is 0.563. The molecule has 0 aromatic heterocycles. The zero-order valence-electron chi connectivity index (χ0n) is 5.09. The molecule has 0 N–H and O–H groups in total. The Hall–Kier alpha value is -1.27. The van der Waals surface area contributed by atoms with Gasteiger partial charge in [0, 0.05) is 0 Å². The maximum Gasteiger partial charge on any atom is 0.338 e. The van der Waals surface area contributed by atoms with E-state index < -0.39 is 5.97 Å². The van der Waals surface area contributed by atoms with Crippen LogP contribution < -0.4 is 0 Å². The van der Waals surface area contributed by atoms with Crippen LogP contribution in [0.5, 0.6) is 0 Å². The van der Waals surface area contributed by atoms with Crippen LogP contribution in [-0.4, -0.2) is 12.6 Å². The second kappa shape index (κ2) is 4.88. The van der Waals surface area contributed by atoms with Gasteiger partial charge in [-0.2, -0.15) is 0 Å². The van der Waals surface area contributed by atoms with Crippen LogP contribution in [0.4, 0.5) is 0 Å². The van der Waals surface area contributed by atoms with E-state index in [1.54, 1.807) is 0 Å². The monoisotopic (exact) mass is 124 g/mol. The van der Waals surface area contributed by atoms with E-state index in [1.165, 1.54) is 6.08 Å². The molecule has 0 radical (unpaired) electrons. The van der Waals surface area contributed by atoms with Crippen molar-refractivity contribution in [1.82, 2.24) is 0 Å². The van der Waals surface area contributed by atoms with Crippen LogP contribution in [0.15, 0.2) is 31.0 Å². The maximum atomic E-state index is 10.4. The Morgan fingerprint density at radius 3 is 2.89 bits per heavy atom. The van der Waals surface area contributed by atoms with Crippen molar-refractivity contribution in [2.24, 2.45) is 0 Å². The van der Waals surface area contributed by atoms with Crippen molar-refractivity contribution >= 4 is 5.97 Å². The first kappa shape index (κ1) is 7.73. The zero-order chi connectivity index (χ0) is 7.11. The largest absolute Gasteiger partial charge is 0.458 e. The van der Waals surface area contributed by atoms with E-state index >= 15 is 0 Å². The fourth-order valence-corrected chi connectivity index (χ4v) is 0.266. The highest BCUT2D eigenvalue weighted by Crippen LogP contribution is 1.78. The summed E-state index contributed by atoms with van der Waals surface area (Å²) in [4.78, 5) is 10.4. The van der Waals surface area contributed by atoms with Crippen LogP contribution in [0.25, 0.3) is 0 Å². The SMILES string of the molecule is C=C=CC(=O)OCC=C. The third kappa shape index (κ3) is 4.59. The minimum atomic E-state index is -0.440. The second-order valence-corrected chi connectivity index (χ2v) is 1.27. The number of ether oxygens (including phenoxy) is 1. The van der Waals surface area contributed by atoms with Gasteiger partial charge in [-0.15, -0.1) is 5.73 Å². The highest BCUT2D eigenvalue weighted by molar-refractivity contribution is 5.81. The molecule has 0 fully saturated rings. The van der Waals surface area contributed by atoms with Crippen molar-refractivity contribution in [1.29, 1.82) is 0 Å². The molecule has 0 aliphatic rings. The Balaban J connectivity index is 3.50. The van der Waals surface area contributed by atoms with Gasteiger partial charge in [-0.1, -0.05) is 19.2 Å². The van der Waals surface area contributed by atoms with Crippen molar-refractivity contribution in [2.75, 3.05) is 6.61 Å². The van der Waals surface area contributed by atoms with Crippen molar-refractivity contribution in [3.05, 3.63) is 31.0 Å². The Kier molecular flexibility index (Phi) is 4.19. The summed E-state index contributed by atoms with van der Waals surface area (Å²) < 4.78 is 4.52. The van der Waals surface area contributed by atoms with Crippen LogP contribution in [-0.2, 0) is 9.53 Å². The van der Waals surface area contributed by atoms with Gasteiger partial charge in [0.25, 0.3) is 0 Å². The molecule has 0 unspecified atom stereocenters. The van der Waals surface area contributed by atoms with Gasteiger partial charge in [0.1, 0.15) is 6.61 Å². The first-order valence-corrected chi connectivity index (χ1v) is 2.44. The average molecular weight is 124 g/mol. The Labute approximate surface area is 54.1 Å². The number of hydrogen-bond acceptors (Lipinski definition) is 2. The summed E-state index contributed by atoms with van der Waals surface area (Å²) in [5, 5.41) is 0. The van der Waals surface area contributed by atoms with Crippen molar-refractivity contribution in [3.63, 3.8) is 0 Å². The molecule has 0 rings (SSSR count). The lowest BCUT2D eigenvalue weighted by atomic mass is 10.6. The number of carbonyl (C=O) groups is 1. The van der Waals surface area contributed by atoms with Crippen LogP contribution in [0.3, 0.4) is 0 Å². The van der Waals surface area contributed by atoms with Gasteiger partial charge < -0.3 is 4.74 Å². The van der Waals surface area contributed by atoms with Crippen LogP contribution in [0.2, 0.25) is 0 Å². The van der Waals surface area contributed by atoms with E-state index in [0.29, 0.717) is 0 Å². The lowest BCUT2D eigenvalue weighted by Crippen LogP contribution is -1.98. The number of rotatable bonds is 3. The smallest absolute Gasteiger partial charge is 0.338 e. The second-order valence-electron chi connectivity index (χ2n) is 1.27. The van der Waals surface area contributed by atoms with E-state index in [4.69, 9.17) is 0 Å². The highest BCUT2D eigenvalue weighted by Gasteiger charge is 1.89. The van der Waals surface area contributed by atoms with Crippen molar-refractivity contribution in [2.45, 2.75) is 0 Å². The molecule has 0 heterocycles. The summed E-state index contributed by atoms with van der Waals surface area (Å²) in [7, 11) is 0. The molecule has 9 heavy (non-hydrogen) atoms. The lowest BCUT2D eigenvalue weighted by Gasteiger charge is -1.91.